The molecule has 1 atom stereocenters. The van der Waals surface area contributed by atoms with Crippen LogP contribution in [0.4, 0.5) is 25.8 Å². The Morgan fingerprint density at radius 3 is 2.73 bits per heavy atom. The van der Waals surface area contributed by atoms with E-state index in [0.29, 0.717) is 17.3 Å². The summed E-state index contributed by atoms with van der Waals surface area (Å²) in [6.45, 7) is 2.97. The van der Waals surface area contributed by atoms with Crippen molar-refractivity contribution in [2.45, 2.75) is 32.2 Å². The van der Waals surface area contributed by atoms with Gasteiger partial charge in [0, 0.05) is 34.5 Å². The molecule has 4 nitrogen and oxygen atoms in total. The standard InChI is InChI=1S/C19H20BrF2N3O/c1-11-4-2-3-7-25(11)17-6-5-13(23)10-14(17)19(26)24-18-15(20)8-12(21)9-16(18)22/h5-6,8-11H,2-4,7,23H2,1H3,(H,24,26)/t11-/m0/s1. The maximum atomic E-state index is 14.1. The predicted octanol–water partition coefficient (Wildman–Crippen LogP) is 4.94. The lowest BCUT2D eigenvalue weighted by Crippen LogP contribution is -2.38. The molecule has 0 radical (unpaired) electrons. The summed E-state index contributed by atoms with van der Waals surface area (Å²) in [5.74, 6) is -2.06. The average Bonchev–Trinajstić information content (AvgIpc) is 2.58. The van der Waals surface area contributed by atoms with Crippen LogP contribution >= 0.6 is 15.9 Å². The highest BCUT2D eigenvalue weighted by molar-refractivity contribution is 9.10. The Morgan fingerprint density at radius 1 is 1.27 bits per heavy atom. The first-order valence-electron chi connectivity index (χ1n) is 8.49. The van der Waals surface area contributed by atoms with E-state index in [1.54, 1.807) is 12.1 Å². The van der Waals surface area contributed by atoms with Gasteiger partial charge < -0.3 is 16.0 Å². The minimum atomic E-state index is -0.845. The van der Waals surface area contributed by atoms with E-state index in [2.05, 4.69) is 33.1 Å². The zero-order chi connectivity index (χ0) is 18.8. The molecule has 0 aliphatic carbocycles. The van der Waals surface area contributed by atoms with E-state index in [1.807, 2.05) is 6.07 Å². The Bertz CT molecular complexity index is 821. The van der Waals surface area contributed by atoms with Crippen molar-refractivity contribution in [2.75, 3.05) is 22.5 Å². The maximum absolute atomic E-state index is 14.1. The van der Waals surface area contributed by atoms with Crippen molar-refractivity contribution in [3.8, 4) is 0 Å². The predicted molar refractivity (Wildman–Crippen MR) is 104 cm³/mol. The fraction of sp³-hybridized carbons (Fsp3) is 0.316. The number of piperidine rings is 1. The molecule has 0 bridgehead atoms. The first-order valence-corrected chi connectivity index (χ1v) is 9.28. The quantitative estimate of drug-likeness (QED) is 0.687. The minimum absolute atomic E-state index is 0.100. The lowest BCUT2D eigenvalue weighted by Gasteiger charge is -2.36. The number of nitrogens with one attached hydrogen (secondary N) is 1. The van der Waals surface area contributed by atoms with Crippen molar-refractivity contribution in [2.24, 2.45) is 0 Å². The molecule has 1 aliphatic heterocycles. The van der Waals surface area contributed by atoms with Gasteiger partial charge in [0.25, 0.3) is 5.91 Å². The molecule has 1 saturated heterocycles. The number of nitrogen functional groups attached to an aromatic ring is 1. The number of hydrogen-bond acceptors (Lipinski definition) is 3. The van der Waals surface area contributed by atoms with Crippen LogP contribution in [0.15, 0.2) is 34.8 Å². The van der Waals surface area contributed by atoms with Crippen LogP contribution in [0.1, 0.15) is 36.5 Å². The molecule has 1 amide bonds. The number of amides is 1. The van der Waals surface area contributed by atoms with Crippen LogP contribution in [-0.2, 0) is 0 Å². The number of rotatable bonds is 3. The summed E-state index contributed by atoms with van der Waals surface area (Å²) in [5, 5.41) is 2.53. The van der Waals surface area contributed by atoms with Gasteiger partial charge in [-0.05, 0) is 66.4 Å². The molecule has 0 saturated carbocycles. The fourth-order valence-corrected chi connectivity index (χ4v) is 3.79. The van der Waals surface area contributed by atoms with Crippen molar-refractivity contribution < 1.29 is 13.6 Å². The number of nitrogens with two attached hydrogens (primary N) is 1. The highest BCUT2D eigenvalue weighted by Crippen LogP contribution is 2.32. The highest BCUT2D eigenvalue weighted by atomic mass is 79.9. The Balaban J connectivity index is 1.96. The maximum Gasteiger partial charge on any atom is 0.257 e. The Morgan fingerprint density at radius 2 is 2.04 bits per heavy atom. The Kier molecular flexibility index (Phi) is 5.46. The fourth-order valence-electron chi connectivity index (χ4n) is 3.28. The van der Waals surface area contributed by atoms with E-state index >= 15 is 0 Å². The lowest BCUT2D eigenvalue weighted by atomic mass is 10.0. The Hall–Kier alpha value is -2.15. The second-order valence-corrected chi connectivity index (χ2v) is 7.37. The van der Waals surface area contributed by atoms with Gasteiger partial charge >= 0.3 is 0 Å². The van der Waals surface area contributed by atoms with Crippen molar-refractivity contribution in [1.29, 1.82) is 0 Å². The molecule has 3 rings (SSSR count). The molecule has 0 unspecified atom stereocenters. The second-order valence-electron chi connectivity index (χ2n) is 6.51. The smallest absolute Gasteiger partial charge is 0.257 e. The zero-order valence-corrected chi connectivity index (χ0v) is 15.9. The van der Waals surface area contributed by atoms with Gasteiger partial charge in [-0.3, -0.25) is 4.79 Å². The summed E-state index contributed by atoms with van der Waals surface area (Å²) in [6.07, 6.45) is 3.25. The van der Waals surface area contributed by atoms with Crippen molar-refractivity contribution in [3.05, 3.63) is 52.0 Å². The van der Waals surface area contributed by atoms with E-state index in [-0.39, 0.29) is 10.2 Å². The van der Waals surface area contributed by atoms with Gasteiger partial charge in [0.15, 0.2) is 5.82 Å². The van der Waals surface area contributed by atoms with Crippen molar-refractivity contribution >= 4 is 38.9 Å². The zero-order valence-electron chi connectivity index (χ0n) is 14.4. The van der Waals surface area contributed by atoms with Gasteiger partial charge in [-0.1, -0.05) is 0 Å². The summed E-state index contributed by atoms with van der Waals surface area (Å²) >= 11 is 3.09. The number of carbonyl (C=O) groups is 1. The SMILES string of the molecule is C[C@H]1CCCCN1c1ccc(N)cc1C(=O)Nc1c(F)cc(F)cc1Br. The normalized spacial score (nSPS) is 17.2. The number of hydrogen-bond donors (Lipinski definition) is 2. The van der Waals surface area contributed by atoms with E-state index in [9.17, 15) is 13.6 Å². The number of benzene rings is 2. The van der Waals surface area contributed by atoms with E-state index in [1.165, 1.54) is 0 Å². The van der Waals surface area contributed by atoms with Crippen LogP contribution in [0.25, 0.3) is 0 Å². The Labute approximate surface area is 159 Å². The summed E-state index contributed by atoms with van der Waals surface area (Å²) in [5.41, 5.74) is 7.35. The van der Waals surface area contributed by atoms with Crippen LogP contribution in [0, 0.1) is 11.6 Å². The topological polar surface area (TPSA) is 58.4 Å². The minimum Gasteiger partial charge on any atom is -0.399 e. The van der Waals surface area contributed by atoms with Gasteiger partial charge in [0.1, 0.15) is 5.82 Å². The van der Waals surface area contributed by atoms with Crippen LogP contribution in [0.3, 0.4) is 0 Å². The summed E-state index contributed by atoms with van der Waals surface area (Å²) in [7, 11) is 0. The van der Waals surface area contributed by atoms with Crippen LogP contribution in [0.5, 0.6) is 0 Å². The van der Waals surface area contributed by atoms with Crippen LogP contribution in [-0.4, -0.2) is 18.5 Å². The lowest BCUT2D eigenvalue weighted by molar-refractivity contribution is 0.102. The van der Waals surface area contributed by atoms with Gasteiger partial charge in [0.05, 0.1) is 11.3 Å². The number of halogens is 3. The third kappa shape index (κ3) is 3.82. The molecule has 138 valence electrons. The van der Waals surface area contributed by atoms with Gasteiger partial charge in [-0.2, -0.15) is 0 Å². The summed E-state index contributed by atoms with van der Waals surface area (Å²) in [6, 6.07) is 7.29. The van der Waals surface area contributed by atoms with Crippen molar-refractivity contribution in [3.63, 3.8) is 0 Å². The third-order valence-corrected chi connectivity index (χ3v) is 5.25. The van der Waals surface area contributed by atoms with Crippen LogP contribution < -0.4 is 16.0 Å². The van der Waals surface area contributed by atoms with E-state index in [0.717, 1.165) is 43.6 Å². The van der Waals surface area contributed by atoms with Crippen LogP contribution in [0.2, 0.25) is 0 Å². The second kappa shape index (κ2) is 7.61. The molecular formula is C19H20BrF2N3O. The first-order chi connectivity index (χ1) is 12.4. The largest absolute Gasteiger partial charge is 0.399 e. The molecule has 0 spiro atoms. The summed E-state index contributed by atoms with van der Waals surface area (Å²) in [4.78, 5) is 15.0. The molecule has 7 heteroatoms. The molecule has 1 fully saturated rings. The van der Waals surface area contributed by atoms with E-state index in [4.69, 9.17) is 5.73 Å². The van der Waals surface area contributed by atoms with Gasteiger partial charge in [-0.25, -0.2) is 8.78 Å². The molecule has 1 aliphatic rings. The molecule has 1 heterocycles. The monoisotopic (exact) mass is 423 g/mol. The van der Waals surface area contributed by atoms with Gasteiger partial charge in [-0.15, -0.1) is 0 Å². The van der Waals surface area contributed by atoms with Crippen molar-refractivity contribution in [1.82, 2.24) is 0 Å². The molecule has 3 N–H and O–H groups in total. The number of anilines is 3. The summed E-state index contributed by atoms with van der Waals surface area (Å²) < 4.78 is 27.5. The van der Waals surface area contributed by atoms with Gasteiger partial charge in [0.2, 0.25) is 0 Å². The highest BCUT2D eigenvalue weighted by Gasteiger charge is 2.24. The molecule has 2 aromatic rings. The molecular weight excluding hydrogens is 404 g/mol. The molecule has 0 aromatic heterocycles. The third-order valence-electron chi connectivity index (χ3n) is 4.62. The number of carbonyl (C=O) groups excluding carboxylic acids is 1. The van der Waals surface area contributed by atoms with E-state index < -0.39 is 17.5 Å². The number of nitrogens with zero attached hydrogens (tertiary/aromatic N) is 1. The first kappa shape index (κ1) is 18.6. The average molecular weight is 424 g/mol. The molecule has 26 heavy (non-hydrogen) atoms. The molecule has 2 aromatic carbocycles.